The van der Waals surface area contributed by atoms with Crippen LogP contribution in [0.25, 0.3) is 10.9 Å². The second-order valence-electron chi connectivity index (χ2n) is 4.73. The van der Waals surface area contributed by atoms with E-state index in [9.17, 15) is 14.4 Å². The zero-order chi connectivity index (χ0) is 15.5. The predicted molar refractivity (Wildman–Crippen MR) is 85.2 cm³/mol. The Bertz CT molecular complexity index is 929. The molecule has 3 rings (SSSR count). The Morgan fingerprint density at radius 3 is 2.68 bits per heavy atom. The van der Waals surface area contributed by atoms with E-state index in [2.05, 4.69) is 4.98 Å². The number of pyridine rings is 1. The van der Waals surface area contributed by atoms with Crippen LogP contribution in [0, 0.1) is 17.1 Å². The average molecular weight is 310 g/mol. The fraction of sp³-hybridized carbons (Fsp3) is 0.0588. The van der Waals surface area contributed by atoms with E-state index >= 15 is 0 Å². The molecule has 1 heterocycles. The Balaban J connectivity index is 2.04. The fourth-order valence-corrected chi connectivity index (χ4v) is 3.14. The quantitative estimate of drug-likeness (QED) is 0.748. The van der Waals surface area contributed by atoms with Crippen molar-refractivity contribution in [3.05, 3.63) is 75.7 Å². The summed E-state index contributed by atoms with van der Waals surface area (Å²) >= 11 is 1.39. The van der Waals surface area contributed by atoms with Crippen LogP contribution in [0.5, 0.6) is 0 Å². The van der Waals surface area contributed by atoms with E-state index in [1.165, 1.54) is 23.9 Å². The molecular weight excluding hydrogens is 299 g/mol. The Hall–Kier alpha value is -2.58. The summed E-state index contributed by atoms with van der Waals surface area (Å²) in [5.74, 6) is 0.143. The van der Waals surface area contributed by atoms with Gasteiger partial charge in [0.05, 0.1) is 10.5 Å². The zero-order valence-corrected chi connectivity index (χ0v) is 12.3. The third-order valence-electron chi connectivity index (χ3n) is 3.27. The number of nitriles is 1. The van der Waals surface area contributed by atoms with E-state index in [0.29, 0.717) is 16.3 Å². The smallest absolute Gasteiger partial charge is 0.208 e. The average Bonchev–Trinajstić information content (AvgIpc) is 2.55. The molecule has 0 radical (unpaired) electrons. The molecule has 2 aromatic carbocycles. The number of aromatic amines is 1. The normalized spacial score (nSPS) is 10.5. The maximum Gasteiger partial charge on any atom is 0.208 e. The molecule has 0 fully saturated rings. The molecule has 108 valence electrons. The van der Waals surface area contributed by atoms with Crippen molar-refractivity contribution in [3.63, 3.8) is 0 Å². The van der Waals surface area contributed by atoms with Gasteiger partial charge in [-0.25, -0.2) is 4.39 Å². The number of H-pyrrole nitrogens is 1. The molecule has 3 nitrogen and oxygen atoms in total. The summed E-state index contributed by atoms with van der Waals surface area (Å²) in [5.41, 5.74) is 1.21. The number of nitrogens with one attached hydrogen (secondary N) is 1. The molecule has 0 saturated heterocycles. The first-order valence-electron chi connectivity index (χ1n) is 6.61. The Morgan fingerprint density at radius 1 is 1.18 bits per heavy atom. The van der Waals surface area contributed by atoms with Gasteiger partial charge in [-0.1, -0.05) is 30.3 Å². The van der Waals surface area contributed by atoms with Crippen LogP contribution >= 0.6 is 11.8 Å². The predicted octanol–water partition coefficient (Wildman–Crippen LogP) is 3.83. The summed E-state index contributed by atoms with van der Waals surface area (Å²) in [6, 6.07) is 15.6. The first-order chi connectivity index (χ1) is 10.7. The van der Waals surface area contributed by atoms with Gasteiger partial charge in [0.1, 0.15) is 17.4 Å². The van der Waals surface area contributed by atoms with Crippen molar-refractivity contribution in [2.45, 2.75) is 10.8 Å². The van der Waals surface area contributed by atoms with Gasteiger partial charge in [-0.05, 0) is 23.8 Å². The van der Waals surface area contributed by atoms with Crippen LogP contribution in [-0.2, 0) is 5.75 Å². The third kappa shape index (κ3) is 2.74. The van der Waals surface area contributed by atoms with E-state index in [1.807, 2.05) is 36.4 Å². The van der Waals surface area contributed by atoms with Crippen LogP contribution in [0.1, 0.15) is 11.1 Å². The molecule has 0 aliphatic heterocycles. The van der Waals surface area contributed by atoms with E-state index in [4.69, 9.17) is 0 Å². The van der Waals surface area contributed by atoms with Crippen molar-refractivity contribution in [2.24, 2.45) is 0 Å². The summed E-state index contributed by atoms with van der Waals surface area (Å²) in [6.07, 6.45) is 0. The lowest BCUT2D eigenvalue weighted by atomic mass is 10.1. The number of hydrogen-bond donors (Lipinski definition) is 1. The maximum atomic E-state index is 13.3. The molecule has 0 saturated carbocycles. The first-order valence-corrected chi connectivity index (χ1v) is 7.60. The van der Waals surface area contributed by atoms with Crippen LogP contribution < -0.4 is 5.43 Å². The van der Waals surface area contributed by atoms with E-state index in [-0.39, 0.29) is 10.9 Å². The summed E-state index contributed by atoms with van der Waals surface area (Å²) in [5, 5.41) is 9.95. The van der Waals surface area contributed by atoms with E-state index in [0.717, 1.165) is 11.6 Å². The zero-order valence-electron chi connectivity index (χ0n) is 11.5. The van der Waals surface area contributed by atoms with Crippen molar-refractivity contribution >= 4 is 22.7 Å². The Labute approximate surface area is 130 Å². The van der Waals surface area contributed by atoms with Crippen LogP contribution in [0.4, 0.5) is 4.39 Å². The number of nitrogens with zero attached hydrogens (tertiary/aromatic N) is 1. The molecule has 0 atom stereocenters. The van der Waals surface area contributed by atoms with Crippen LogP contribution in [-0.4, -0.2) is 4.98 Å². The lowest BCUT2D eigenvalue weighted by molar-refractivity contribution is 0.629. The first kappa shape index (κ1) is 14.4. The topological polar surface area (TPSA) is 56.6 Å². The maximum absolute atomic E-state index is 13.3. The van der Waals surface area contributed by atoms with Gasteiger partial charge in [-0.2, -0.15) is 5.26 Å². The SMILES string of the molecule is N#Cc1c(SCc2ccccc2)[nH]c2ccc(F)cc2c1=O. The molecule has 0 aliphatic carbocycles. The molecule has 5 heteroatoms. The van der Waals surface area contributed by atoms with Crippen LogP contribution in [0.3, 0.4) is 0 Å². The minimum absolute atomic E-state index is 0.0269. The minimum Gasteiger partial charge on any atom is -0.348 e. The van der Waals surface area contributed by atoms with Crippen LogP contribution in [0.2, 0.25) is 0 Å². The summed E-state index contributed by atoms with van der Waals surface area (Å²) in [4.78, 5) is 15.4. The Morgan fingerprint density at radius 2 is 1.95 bits per heavy atom. The molecule has 0 bridgehead atoms. The highest BCUT2D eigenvalue weighted by Crippen LogP contribution is 2.25. The molecular formula is C17H11FN2OS. The fourth-order valence-electron chi connectivity index (χ4n) is 2.18. The number of halogens is 1. The van der Waals surface area contributed by atoms with Crippen molar-refractivity contribution < 1.29 is 4.39 Å². The Kier molecular flexibility index (Phi) is 3.94. The van der Waals surface area contributed by atoms with E-state index in [1.54, 1.807) is 0 Å². The summed E-state index contributed by atoms with van der Waals surface area (Å²) in [7, 11) is 0. The highest BCUT2D eigenvalue weighted by Gasteiger charge is 2.13. The molecule has 0 unspecified atom stereocenters. The monoisotopic (exact) mass is 310 g/mol. The van der Waals surface area contributed by atoms with Gasteiger partial charge in [-0.15, -0.1) is 11.8 Å². The standard InChI is InChI=1S/C17H11FN2OS/c18-12-6-7-15-13(8-12)16(21)14(9-19)17(20-15)22-10-11-4-2-1-3-5-11/h1-8H,10H2,(H,20,21). The van der Waals surface area contributed by atoms with Gasteiger partial charge < -0.3 is 4.98 Å². The highest BCUT2D eigenvalue weighted by atomic mass is 32.2. The number of hydrogen-bond acceptors (Lipinski definition) is 3. The van der Waals surface area contributed by atoms with Crippen LogP contribution in [0.15, 0.2) is 58.4 Å². The van der Waals surface area contributed by atoms with Crippen molar-refractivity contribution in [2.75, 3.05) is 0 Å². The summed E-state index contributed by atoms with van der Waals surface area (Å²) < 4.78 is 13.3. The molecule has 22 heavy (non-hydrogen) atoms. The molecule has 1 aromatic heterocycles. The van der Waals surface area contributed by atoms with Crippen molar-refractivity contribution in [1.29, 1.82) is 5.26 Å². The van der Waals surface area contributed by atoms with Gasteiger partial charge in [0.15, 0.2) is 0 Å². The molecule has 0 spiro atoms. The van der Waals surface area contributed by atoms with Gasteiger partial charge in [-0.3, -0.25) is 4.79 Å². The third-order valence-corrected chi connectivity index (χ3v) is 4.34. The van der Waals surface area contributed by atoms with Gasteiger partial charge in [0.2, 0.25) is 5.43 Å². The number of rotatable bonds is 3. The molecule has 0 amide bonds. The minimum atomic E-state index is -0.494. The lowest BCUT2D eigenvalue weighted by Crippen LogP contribution is -2.10. The number of aromatic nitrogens is 1. The number of fused-ring (bicyclic) bond motifs is 1. The number of benzene rings is 2. The van der Waals surface area contributed by atoms with E-state index < -0.39 is 11.2 Å². The van der Waals surface area contributed by atoms with Crippen molar-refractivity contribution in [1.82, 2.24) is 4.98 Å². The largest absolute Gasteiger partial charge is 0.348 e. The van der Waals surface area contributed by atoms with Gasteiger partial charge in [0.25, 0.3) is 0 Å². The lowest BCUT2D eigenvalue weighted by Gasteiger charge is -2.07. The second kappa shape index (κ2) is 6.04. The second-order valence-corrected chi connectivity index (χ2v) is 5.72. The number of thioether (sulfide) groups is 1. The van der Waals surface area contributed by atoms with Gasteiger partial charge >= 0.3 is 0 Å². The molecule has 0 aliphatic rings. The highest BCUT2D eigenvalue weighted by molar-refractivity contribution is 7.98. The summed E-state index contributed by atoms with van der Waals surface area (Å²) in [6.45, 7) is 0. The van der Waals surface area contributed by atoms with Gasteiger partial charge in [0, 0.05) is 11.1 Å². The molecule has 1 N–H and O–H groups in total. The van der Waals surface area contributed by atoms with Crippen molar-refractivity contribution in [3.8, 4) is 6.07 Å². The molecule has 3 aromatic rings.